The first-order chi connectivity index (χ1) is 12.0. The van der Waals surface area contributed by atoms with Crippen molar-refractivity contribution in [3.05, 3.63) is 35.6 Å². The van der Waals surface area contributed by atoms with Gasteiger partial charge in [-0.3, -0.25) is 9.79 Å². The van der Waals surface area contributed by atoms with Crippen molar-refractivity contribution in [2.75, 3.05) is 26.7 Å². The van der Waals surface area contributed by atoms with Gasteiger partial charge in [-0.1, -0.05) is 26.0 Å². The van der Waals surface area contributed by atoms with E-state index in [0.29, 0.717) is 0 Å². The largest absolute Gasteiger partial charge is 0.356 e. The standard InChI is InChI=1S/C19H29FN4O.HI/c1-14(2)18(25)24-11-9-17(13-24)23-19(21-3)22-10-5-7-15-6-4-8-16(20)12-15;/h4,6,8,12,14,17H,5,7,9-11,13H2,1-3H3,(H2,21,22,23);1H. The number of likely N-dealkylation sites (tertiary alicyclic amines) is 1. The first-order valence-corrected chi connectivity index (χ1v) is 9.00. The number of hydrogen-bond acceptors (Lipinski definition) is 2. The quantitative estimate of drug-likeness (QED) is 0.288. The second-order valence-corrected chi connectivity index (χ2v) is 6.80. The molecule has 1 unspecified atom stereocenters. The monoisotopic (exact) mass is 476 g/mol. The van der Waals surface area contributed by atoms with E-state index in [-0.39, 0.29) is 47.7 Å². The Kier molecular flexibility index (Phi) is 9.90. The molecule has 5 nitrogen and oxygen atoms in total. The van der Waals surface area contributed by atoms with Crippen LogP contribution in [0.2, 0.25) is 0 Å². The van der Waals surface area contributed by atoms with Crippen LogP contribution in [0.4, 0.5) is 4.39 Å². The second-order valence-electron chi connectivity index (χ2n) is 6.80. The maximum atomic E-state index is 13.2. The minimum absolute atomic E-state index is 0. The summed E-state index contributed by atoms with van der Waals surface area (Å²) in [5.74, 6) is 0.814. The van der Waals surface area contributed by atoms with Crippen LogP contribution in [0.1, 0.15) is 32.3 Å². The Morgan fingerprint density at radius 3 is 2.85 bits per heavy atom. The van der Waals surface area contributed by atoms with E-state index in [9.17, 15) is 9.18 Å². The number of amides is 1. The van der Waals surface area contributed by atoms with Gasteiger partial charge in [-0.05, 0) is 37.0 Å². The summed E-state index contributed by atoms with van der Waals surface area (Å²) >= 11 is 0. The molecule has 1 fully saturated rings. The van der Waals surface area contributed by atoms with Crippen LogP contribution in [0.5, 0.6) is 0 Å². The number of carbonyl (C=O) groups is 1. The van der Waals surface area contributed by atoms with Crippen molar-refractivity contribution in [3.63, 3.8) is 0 Å². The lowest BCUT2D eigenvalue weighted by Crippen LogP contribution is -2.45. The van der Waals surface area contributed by atoms with Crippen LogP contribution in [0.3, 0.4) is 0 Å². The molecule has 0 spiro atoms. The average molecular weight is 476 g/mol. The van der Waals surface area contributed by atoms with Crippen molar-refractivity contribution in [3.8, 4) is 0 Å². The molecule has 2 rings (SSSR count). The Hall–Kier alpha value is -1.38. The summed E-state index contributed by atoms with van der Waals surface area (Å²) < 4.78 is 13.2. The SMILES string of the molecule is CN=C(NCCCc1cccc(F)c1)NC1CCN(C(=O)C(C)C)C1.I. The molecule has 1 heterocycles. The third kappa shape index (κ3) is 7.09. The molecule has 0 aliphatic carbocycles. The summed E-state index contributed by atoms with van der Waals surface area (Å²) in [6.07, 6.45) is 2.65. The number of nitrogens with zero attached hydrogens (tertiary/aromatic N) is 2. The molecule has 0 aromatic heterocycles. The summed E-state index contributed by atoms with van der Waals surface area (Å²) in [5, 5.41) is 6.67. The maximum absolute atomic E-state index is 13.2. The molecule has 2 N–H and O–H groups in total. The van der Waals surface area contributed by atoms with Crippen molar-refractivity contribution in [2.45, 2.75) is 39.2 Å². The number of guanidine groups is 1. The molecule has 1 aliphatic rings. The highest BCUT2D eigenvalue weighted by Crippen LogP contribution is 2.12. The van der Waals surface area contributed by atoms with Gasteiger partial charge in [0.2, 0.25) is 5.91 Å². The van der Waals surface area contributed by atoms with Gasteiger partial charge < -0.3 is 15.5 Å². The smallest absolute Gasteiger partial charge is 0.225 e. The number of rotatable bonds is 6. The lowest BCUT2D eigenvalue weighted by atomic mass is 10.1. The molecule has 0 bridgehead atoms. The molecule has 1 aromatic carbocycles. The molecule has 1 atom stereocenters. The van der Waals surface area contributed by atoms with Gasteiger partial charge in [0.1, 0.15) is 5.82 Å². The van der Waals surface area contributed by atoms with Crippen molar-refractivity contribution in [2.24, 2.45) is 10.9 Å². The normalized spacial score (nSPS) is 17.2. The zero-order chi connectivity index (χ0) is 18.2. The van der Waals surface area contributed by atoms with Crippen LogP contribution in [-0.4, -0.2) is 49.5 Å². The molecule has 1 saturated heterocycles. The fourth-order valence-corrected chi connectivity index (χ4v) is 3.02. The molecular weight excluding hydrogens is 446 g/mol. The number of nitrogens with one attached hydrogen (secondary N) is 2. The Morgan fingerprint density at radius 1 is 1.42 bits per heavy atom. The van der Waals surface area contributed by atoms with Gasteiger partial charge in [0.25, 0.3) is 0 Å². The van der Waals surface area contributed by atoms with E-state index < -0.39 is 0 Å². The van der Waals surface area contributed by atoms with Crippen LogP contribution in [0, 0.1) is 11.7 Å². The molecule has 26 heavy (non-hydrogen) atoms. The van der Waals surface area contributed by atoms with Gasteiger partial charge in [-0.15, -0.1) is 24.0 Å². The van der Waals surface area contributed by atoms with Crippen LogP contribution < -0.4 is 10.6 Å². The number of carbonyl (C=O) groups excluding carboxylic acids is 1. The highest BCUT2D eigenvalue weighted by Gasteiger charge is 2.27. The summed E-state index contributed by atoms with van der Waals surface area (Å²) in [7, 11) is 1.74. The van der Waals surface area contributed by atoms with Gasteiger partial charge in [0.15, 0.2) is 5.96 Å². The predicted molar refractivity (Wildman–Crippen MR) is 114 cm³/mol. The third-order valence-electron chi connectivity index (χ3n) is 4.38. The number of aliphatic imine (C=N–C) groups is 1. The van der Waals surface area contributed by atoms with E-state index in [1.165, 1.54) is 6.07 Å². The molecule has 1 aliphatic heterocycles. The lowest BCUT2D eigenvalue weighted by Gasteiger charge is -2.20. The third-order valence-corrected chi connectivity index (χ3v) is 4.38. The highest BCUT2D eigenvalue weighted by molar-refractivity contribution is 14.0. The summed E-state index contributed by atoms with van der Waals surface area (Å²) in [6.45, 7) is 6.15. The topological polar surface area (TPSA) is 56.7 Å². The van der Waals surface area contributed by atoms with Crippen molar-refractivity contribution in [1.82, 2.24) is 15.5 Å². The van der Waals surface area contributed by atoms with Gasteiger partial charge in [-0.2, -0.15) is 0 Å². The van der Waals surface area contributed by atoms with E-state index >= 15 is 0 Å². The number of benzene rings is 1. The number of halogens is 2. The molecule has 0 radical (unpaired) electrons. The average Bonchev–Trinajstić information content (AvgIpc) is 3.05. The second kappa shape index (κ2) is 11.4. The highest BCUT2D eigenvalue weighted by atomic mass is 127. The van der Waals surface area contributed by atoms with E-state index in [0.717, 1.165) is 50.4 Å². The summed E-state index contributed by atoms with van der Waals surface area (Å²) in [6, 6.07) is 6.95. The number of aryl methyl sites for hydroxylation is 1. The Balaban J connectivity index is 0.00000338. The van der Waals surface area contributed by atoms with Crippen LogP contribution in [-0.2, 0) is 11.2 Å². The zero-order valence-corrected chi connectivity index (χ0v) is 18.1. The lowest BCUT2D eigenvalue weighted by molar-refractivity contribution is -0.133. The minimum Gasteiger partial charge on any atom is -0.356 e. The van der Waals surface area contributed by atoms with Crippen molar-refractivity contribution < 1.29 is 9.18 Å². The predicted octanol–water partition coefficient (Wildman–Crippen LogP) is 2.80. The zero-order valence-electron chi connectivity index (χ0n) is 15.8. The summed E-state index contributed by atoms with van der Waals surface area (Å²) in [5.41, 5.74) is 1.00. The van der Waals surface area contributed by atoms with E-state index in [4.69, 9.17) is 0 Å². The molecule has 7 heteroatoms. The van der Waals surface area contributed by atoms with Crippen LogP contribution in [0.15, 0.2) is 29.3 Å². The van der Waals surface area contributed by atoms with Gasteiger partial charge in [0.05, 0.1) is 0 Å². The molecule has 0 saturated carbocycles. The Bertz CT molecular complexity index is 609. The van der Waals surface area contributed by atoms with Crippen molar-refractivity contribution in [1.29, 1.82) is 0 Å². The van der Waals surface area contributed by atoms with Crippen LogP contribution in [0.25, 0.3) is 0 Å². The fourth-order valence-electron chi connectivity index (χ4n) is 3.02. The van der Waals surface area contributed by atoms with E-state index in [1.54, 1.807) is 19.2 Å². The first-order valence-electron chi connectivity index (χ1n) is 9.00. The van der Waals surface area contributed by atoms with E-state index in [1.807, 2.05) is 24.8 Å². The molecule has 1 aromatic rings. The molecule has 1 amide bonds. The van der Waals surface area contributed by atoms with E-state index in [2.05, 4.69) is 15.6 Å². The van der Waals surface area contributed by atoms with Gasteiger partial charge in [0, 0.05) is 38.6 Å². The first kappa shape index (κ1) is 22.7. The molecule has 146 valence electrons. The van der Waals surface area contributed by atoms with Gasteiger partial charge in [-0.25, -0.2) is 4.39 Å². The van der Waals surface area contributed by atoms with Crippen LogP contribution >= 0.6 is 24.0 Å². The maximum Gasteiger partial charge on any atom is 0.225 e. The minimum atomic E-state index is -0.190. The Morgan fingerprint density at radius 2 is 2.19 bits per heavy atom. The Labute approximate surface area is 172 Å². The molecular formula is C19H30FIN4O. The van der Waals surface area contributed by atoms with Gasteiger partial charge >= 0.3 is 0 Å². The van der Waals surface area contributed by atoms with Crippen molar-refractivity contribution >= 4 is 35.8 Å². The fraction of sp³-hybridized carbons (Fsp3) is 0.579. The summed E-state index contributed by atoms with van der Waals surface area (Å²) in [4.78, 5) is 18.2. The number of hydrogen-bond donors (Lipinski definition) is 2.